The van der Waals surface area contributed by atoms with Gasteiger partial charge in [0, 0.05) is 17.5 Å². The lowest BCUT2D eigenvalue weighted by atomic mass is 10.2. The Balaban J connectivity index is 2.16. The molecule has 0 aromatic heterocycles. The van der Waals surface area contributed by atoms with Crippen LogP contribution in [-0.2, 0) is 0 Å². The Morgan fingerprint density at radius 1 is 1.21 bits per heavy atom. The Labute approximate surface area is 146 Å². The normalized spacial score (nSPS) is 10.7. The largest absolute Gasteiger partial charge is 0.504 e. The molecule has 0 saturated heterocycles. The highest BCUT2D eigenvalue weighted by Crippen LogP contribution is 2.25. The molecule has 0 aliphatic carbocycles. The lowest BCUT2D eigenvalue weighted by Crippen LogP contribution is -2.22. The smallest absolute Gasteiger partial charge is 0.161 e. The summed E-state index contributed by atoms with van der Waals surface area (Å²) in [6.07, 6.45) is 1.58. The molecule has 0 atom stereocenters. The second-order valence-corrected chi connectivity index (χ2v) is 5.41. The van der Waals surface area contributed by atoms with E-state index in [9.17, 15) is 5.11 Å². The molecule has 126 valence electrons. The number of phenolic OH excluding ortho intramolecular Hbond substituents is 1. The molecule has 7 heteroatoms. The molecule has 0 bridgehead atoms. The first-order valence-electron chi connectivity index (χ1n) is 7.07. The van der Waals surface area contributed by atoms with Crippen LogP contribution in [0.1, 0.15) is 11.1 Å². The van der Waals surface area contributed by atoms with Crippen LogP contribution in [0.3, 0.4) is 0 Å². The number of hydrogen-bond donors (Lipinski definition) is 3. The van der Waals surface area contributed by atoms with Crippen LogP contribution < -0.4 is 9.47 Å². The zero-order valence-electron chi connectivity index (χ0n) is 13.6. The summed E-state index contributed by atoms with van der Waals surface area (Å²) in [6.45, 7) is 0. The summed E-state index contributed by atoms with van der Waals surface area (Å²) >= 11 is 4.39. The number of aromatic hydroxyl groups is 1. The highest BCUT2D eigenvalue weighted by atomic mass is 32.1. The van der Waals surface area contributed by atoms with Crippen molar-refractivity contribution in [2.24, 2.45) is 5.10 Å². The number of ether oxygens (including phenoxy) is 2. The van der Waals surface area contributed by atoms with Gasteiger partial charge in [0.25, 0.3) is 0 Å². The summed E-state index contributed by atoms with van der Waals surface area (Å²) < 4.78 is 10.2. The Kier molecular flexibility index (Phi) is 5.70. The minimum atomic E-state index is 0.0636. The molecule has 2 rings (SSSR count). The zero-order valence-corrected chi connectivity index (χ0v) is 14.5. The zero-order chi connectivity index (χ0) is 17.7. The standard InChI is InChI=1S/C17H19N3O3S/c1-20(17(18)13-6-5-12(22-2)9-16(13)24)19-10-11-4-7-14(21)15(8-11)23-3/h4-10,18,21,24H,1-3H3/b18-17?,19-10+. The summed E-state index contributed by atoms with van der Waals surface area (Å²) in [5.41, 5.74) is 1.38. The topological polar surface area (TPSA) is 78.1 Å². The first kappa shape index (κ1) is 17.7. The van der Waals surface area contributed by atoms with Gasteiger partial charge in [0.05, 0.1) is 20.4 Å². The van der Waals surface area contributed by atoms with Crippen LogP contribution in [0.25, 0.3) is 0 Å². The average molecular weight is 345 g/mol. The van der Waals surface area contributed by atoms with E-state index >= 15 is 0 Å². The molecule has 2 aromatic rings. The maximum atomic E-state index is 9.59. The molecule has 0 aliphatic heterocycles. The summed E-state index contributed by atoms with van der Waals surface area (Å²) in [5.74, 6) is 1.31. The number of nitrogens with zero attached hydrogens (tertiary/aromatic N) is 2. The molecule has 6 nitrogen and oxygen atoms in total. The molecule has 0 spiro atoms. The first-order chi connectivity index (χ1) is 11.5. The maximum Gasteiger partial charge on any atom is 0.161 e. The Hall–Kier alpha value is -2.67. The predicted molar refractivity (Wildman–Crippen MR) is 97.1 cm³/mol. The van der Waals surface area contributed by atoms with Crippen molar-refractivity contribution in [3.05, 3.63) is 47.5 Å². The SMILES string of the molecule is COc1ccc(C(=N)N(C)/N=C/c2ccc(O)c(OC)c2)c(S)c1. The van der Waals surface area contributed by atoms with Gasteiger partial charge in [-0.25, -0.2) is 0 Å². The van der Waals surface area contributed by atoms with E-state index in [1.54, 1.807) is 50.7 Å². The number of nitrogens with one attached hydrogen (secondary N) is 1. The monoisotopic (exact) mass is 345 g/mol. The van der Waals surface area contributed by atoms with E-state index in [0.717, 1.165) is 5.56 Å². The second-order valence-electron chi connectivity index (χ2n) is 4.93. The summed E-state index contributed by atoms with van der Waals surface area (Å²) in [7, 11) is 4.74. The Morgan fingerprint density at radius 2 is 1.96 bits per heavy atom. The molecule has 0 fully saturated rings. The quantitative estimate of drug-likeness (QED) is 0.337. The molecular formula is C17H19N3O3S. The van der Waals surface area contributed by atoms with Gasteiger partial charge in [0.2, 0.25) is 0 Å². The van der Waals surface area contributed by atoms with Crippen molar-refractivity contribution in [1.29, 1.82) is 5.41 Å². The fraction of sp³-hybridized carbons (Fsp3) is 0.176. The first-order valence-corrected chi connectivity index (χ1v) is 7.51. The lowest BCUT2D eigenvalue weighted by Gasteiger charge is -2.16. The van der Waals surface area contributed by atoms with Gasteiger partial charge in [0.15, 0.2) is 11.5 Å². The van der Waals surface area contributed by atoms with Crippen molar-refractivity contribution in [2.45, 2.75) is 4.90 Å². The van der Waals surface area contributed by atoms with Crippen molar-refractivity contribution in [3.8, 4) is 17.2 Å². The molecule has 2 aromatic carbocycles. The highest BCUT2D eigenvalue weighted by Gasteiger charge is 2.11. The summed E-state index contributed by atoms with van der Waals surface area (Å²) in [4.78, 5) is 0.632. The van der Waals surface area contributed by atoms with Gasteiger partial charge in [-0.05, 0) is 42.0 Å². The molecule has 2 N–H and O–H groups in total. The van der Waals surface area contributed by atoms with E-state index in [2.05, 4.69) is 17.7 Å². The van der Waals surface area contributed by atoms with Crippen molar-refractivity contribution < 1.29 is 14.6 Å². The van der Waals surface area contributed by atoms with Crippen molar-refractivity contribution in [3.63, 3.8) is 0 Å². The Bertz CT molecular complexity index is 778. The molecular weight excluding hydrogens is 326 g/mol. The molecule has 0 aliphatic rings. The van der Waals surface area contributed by atoms with E-state index in [4.69, 9.17) is 14.9 Å². The van der Waals surface area contributed by atoms with Gasteiger partial charge in [-0.15, -0.1) is 12.6 Å². The van der Waals surface area contributed by atoms with Crippen LogP contribution in [0.2, 0.25) is 0 Å². The number of hydrogen-bond acceptors (Lipinski definition) is 6. The third-order valence-corrected chi connectivity index (χ3v) is 3.74. The van der Waals surface area contributed by atoms with Crippen LogP contribution in [0.15, 0.2) is 46.4 Å². The van der Waals surface area contributed by atoms with Gasteiger partial charge in [-0.1, -0.05) is 0 Å². The third kappa shape index (κ3) is 3.99. The van der Waals surface area contributed by atoms with E-state index in [1.807, 2.05) is 0 Å². The summed E-state index contributed by atoms with van der Waals surface area (Å²) in [6, 6.07) is 10.2. The predicted octanol–water partition coefficient (Wildman–Crippen LogP) is 2.99. The van der Waals surface area contributed by atoms with Crippen molar-refractivity contribution in [1.82, 2.24) is 5.01 Å². The van der Waals surface area contributed by atoms with Gasteiger partial charge >= 0.3 is 0 Å². The van der Waals surface area contributed by atoms with Crippen LogP contribution >= 0.6 is 12.6 Å². The van der Waals surface area contributed by atoms with Crippen molar-refractivity contribution in [2.75, 3.05) is 21.3 Å². The number of methoxy groups -OCH3 is 2. The summed E-state index contributed by atoms with van der Waals surface area (Å²) in [5, 5.41) is 23.5. The van der Waals surface area contributed by atoms with E-state index in [0.29, 0.717) is 22.0 Å². The molecule has 0 saturated carbocycles. The van der Waals surface area contributed by atoms with E-state index in [-0.39, 0.29) is 11.6 Å². The van der Waals surface area contributed by atoms with Crippen LogP contribution in [-0.4, -0.2) is 43.4 Å². The van der Waals surface area contributed by atoms with E-state index < -0.39 is 0 Å². The Morgan fingerprint density at radius 3 is 2.58 bits per heavy atom. The minimum absolute atomic E-state index is 0.0636. The fourth-order valence-corrected chi connectivity index (χ4v) is 2.31. The number of benzene rings is 2. The van der Waals surface area contributed by atoms with Crippen molar-refractivity contribution >= 4 is 24.7 Å². The van der Waals surface area contributed by atoms with Gasteiger partial charge in [-0.2, -0.15) is 5.10 Å². The minimum Gasteiger partial charge on any atom is -0.504 e. The molecule has 0 heterocycles. The highest BCUT2D eigenvalue weighted by molar-refractivity contribution is 7.80. The number of thiol groups is 1. The number of rotatable bonds is 5. The van der Waals surface area contributed by atoms with Gasteiger partial charge in [0.1, 0.15) is 11.6 Å². The third-order valence-electron chi connectivity index (χ3n) is 3.37. The number of amidine groups is 1. The molecule has 0 amide bonds. The molecule has 0 radical (unpaired) electrons. The van der Waals surface area contributed by atoms with Crippen LogP contribution in [0.4, 0.5) is 0 Å². The van der Waals surface area contributed by atoms with E-state index in [1.165, 1.54) is 18.2 Å². The number of hydrazone groups is 1. The molecule has 24 heavy (non-hydrogen) atoms. The number of phenols is 1. The van der Waals surface area contributed by atoms with Crippen LogP contribution in [0, 0.1) is 5.41 Å². The van der Waals surface area contributed by atoms with Crippen LogP contribution in [0.5, 0.6) is 17.2 Å². The fourth-order valence-electron chi connectivity index (χ4n) is 2.00. The van der Waals surface area contributed by atoms with Gasteiger partial charge in [-0.3, -0.25) is 10.4 Å². The second kappa shape index (κ2) is 7.74. The maximum absolute atomic E-state index is 9.59. The lowest BCUT2D eigenvalue weighted by molar-refractivity contribution is 0.373. The average Bonchev–Trinajstić information content (AvgIpc) is 2.59. The molecule has 0 unspecified atom stereocenters. The van der Waals surface area contributed by atoms with Gasteiger partial charge < -0.3 is 14.6 Å².